The summed E-state index contributed by atoms with van der Waals surface area (Å²) in [6, 6.07) is 11.7. The zero-order valence-corrected chi connectivity index (χ0v) is 15.3. The smallest absolute Gasteiger partial charge is 0.141 e. The van der Waals surface area contributed by atoms with Gasteiger partial charge in [-0.2, -0.15) is 10.5 Å². The van der Waals surface area contributed by atoms with E-state index in [0.29, 0.717) is 28.2 Å². The zero-order valence-electron chi connectivity index (χ0n) is 14.5. The summed E-state index contributed by atoms with van der Waals surface area (Å²) < 4.78 is 0. The number of nitrogen functional groups attached to an aromatic ring is 1. The molecule has 1 fully saturated rings. The fourth-order valence-electron chi connectivity index (χ4n) is 3.32. The maximum Gasteiger partial charge on any atom is 0.141 e. The normalized spacial score (nSPS) is 13.3. The largest absolute Gasteiger partial charge is 0.398 e. The summed E-state index contributed by atoms with van der Waals surface area (Å²) in [6.07, 6.45) is 3.98. The second-order valence-electron chi connectivity index (χ2n) is 6.34. The van der Waals surface area contributed by atoms with Gasteiger partial charge in [0.05, 0.1) is 23.0 Å². The predicted molar refractivity (Wildman–Crippen MR) is 106 cm³/mol. The van der Waals surface area contributed by atoms with E-state index in [-0.39, 0.29) is 0 Å². The van der Waals surface area contributed by atoms with Crippen LogP contribution in [-0.4, -0.2) is 23.1 Å². The highest BCUT2D eigenvalue weighted by Crippen LogP contribution is 2.34. The first-order chi connectivity index (χ1) is 13.2. The molecule has 1 aliphatic rings. The van der Waals surface area contributed by atoms with Gasteiger partial charge in [0.2, 0.25) is 0 Å². The summed E-state index contributed by atoms with van der Waals surface area (Å²) in [5, 5.41) is 21.7. The maximum atomic E-state index is 9.63. The average Bonchev–Trinajstić information content (AvgIpc) is 3.40. The highest BCUT2D eigenvalue weighted by Gasteiger charge is 2.18. The molecule has 3 heterocycles. The van der Waals surface area contributed by atoms with Gasteiger partial charge in [0, 0.05) is 35.9 Å². The average molecular weight is 372 g/mol. The fraction of sp³-hybridized carbons (Fsp3) is 0.200. The van der Waals surface area contributed by atoms with E-state index in [1.807, 2.05) is 17.5 Å². The lowest BCUT2D eigenvalue weighted by atomic mass is 10.0. The summed E-state index contributed by atoms with van der Waals surface area (Å²) in [6.45, 7) is 1.93. The van der Waals surface area contributed by atoms with E-state index in [0.717, 1.165) is 42.2 Å². The highest BCUT2D eigenvalue weighted by molar-refractivity contribution is 7.13. The first-order valence-electron chi connectivity index (χ1n) is 8.60. The molecular weight excluding hydrogens is 356 g/mol. The molecular formula is C20H16N6S. The van der Waals surface area contributed by atoms with Crippen LogP contribution in [0.15, 0.2) is 35.8 Å². The second kappa shape index (κ2) is 7.06. The Balaban J connectivity index is 1.91. The number of thiazole rings is 1. The van der Waals surface area contributed by atoms with Crippen molar-refractivity contribution in [2.24, 2.45) is 0 Å². The van der Waals surface area contributed by atoms with E-state index >= 15 is 0 Å². The first kappa shape index (κ1) is 17.0. The molecule has 0 radical (unpaired) electrons. The van der Waals surface area contributed by atoms with Crippen molar-refractivity contribution in [2.45, 2.75) is 12.8 Å². The molecule has 0 atom stereocenters. The maximum absolute atomic E-state index is 9.63. The van der Waals surface area contributed by atoms with Crippen LogP contribution < -0.4 is 10.6 Å². The van der Waals surface area contributed by atoms with Crippen molar-refractivity contribution in [1.29, 1.82) is 10.5 Å². The molecule has 0 aliphatic carbocycles. The van der Waals surface area contributed by atoms with E-state index < -0.39 is 0 Å². The van der Waals surface area contributed by atoms with Crippen LogP contribution in [-0.2, 0) is 0 Å². The van der Waals surface area contributed by atoms with Gasteiger partial charge in [-0.15, -0.1) is 11.3 Å². The van der Waals surface area contributed by atoms with Crippen LogP contribution in [0.1, 0.15) is 24.0 Å². The lowest BCUT2D eigenvalue weighted by Crippen LogP contribution is -2.17. The number of anilines is 2. The van der Waals surface area contributed by atoms with E-state index in [1.165, 1.54) is 11.3 Å². The number of nitriles is 2. The van der Waals surface area contributed by atoms with Gasteiger partial charge in [0.15, 0.2) is 0 Å². The lowest BCUT2D eigenvalue weighted by Gasteiger charge is -2.19. The third-order valence-corrected chi connectivity index (χ3v) is 5.40. The minimum absolute atomic E-state index is 0.317. The van der Waals surface area contributed by atoms with Crippen molar-refractivity contribution in [3.8, 4) is 34.1 Å². The van der Waals surface area contributed by atoms with Crippen LogP contribution >= 0.6 is 11.3 Å². The summed E-state index contributed by atoms with van der Waals surface area (Å²) in [5.41, 5.74) is 10.2. The number of aromatic nitrogens is 2. The molecule has 4 rings (SSSR count). The lowest BCUT2D eigenvalue weighted by molar-refractivity contribution is 0.949. The van der Waals surface area contributed by atoms with Gasteiger partial charge in [-0.25, -0.2) is 9.97 Å². The molecule has 2 aromatic heterocycles. The van der Waals surface area contributed by atoms with E-state index in [4.69, 9.17) is 5.73 Å². The third-order valence-electron chi connectivity index (χ3n) is 4.60. The van der Waals surface area contributed by atoms with Crippen LogP contribution in [0.4, 0.5) is 11.4 Å². The number of hydrogen-bond acceptors (Lipinski definition) is 7. The van der Waals surface area contributed by atoms with Crippen molar-refractivity contribution < 1.29 is 0 Å². The third kappa shape index (κ3) is 3.21. The number of rotatable bonds is 3. The van der Waals surface area contributed by atoms with Crippen LogP contribution in [0.25, 0.3) is 22.0 Å². The van der Waals surface area contributed by atoms with Crippen molar-refractivity contribution in [3.63, 3.8) is 0 Å². The zero-order chi connectivity index (χ0) is 18.8. The van der Waals surface area contributed by atoms with E-state index in [9.17, 15) is 10.5 Å². The van der Waals surface area contributed by atoms with Gasteiger partial charge in [-0.1, -0.05) is 0 Å². The molecule has 0 unspecified atom stereocenters. The monoisotopic (exact) mass is 372 g/mol. The first-order valence-corrected chi connectivity index (χ1v) is 9.48. The predicted octanol–water partition coefficient (Wildman–Crippen LogP) is 3.80. The van der Waals surface area contributed by atoms with Crippen LogP contribution in [0, 0.1) is 22.7 Å². The Labute approximate surface area is 161 Å². The minimum atomic E-state index is 0.317. The number of nitrogens with two attached hydrogens (primary N) is 1. The van der Waals surface area contributed by atoms with Gasteiger partial charge < -0.3 is 10.6 Å². The van der Waals surface area contributed by atoms with Crippen LogP contribution in [0.2, 0.25) is 0 Å². The highest BCUT2D eigenvalue weighted by atomic mass is 32.1. The second-order valence-corrected chi connectivity index (χ2v) is 7.24. The van der Waals surface area contributed by atoms with E-state index in [2.05, 4.69) is 27.0 Å². The van der Waals surface area contributed by atoms with Gasteiger partial charge in [-0.05, 0) is 37.1 Å². The summed E-state index contributed by atoms with van der Waals surface area (Å²) in [5.74, 6) is 0. The van der Waals surface area contributed by atoms with Gasteiger partial charge >= 0.3 is 0 Å². The Kier molecular flexibility index (Phi) is 4.45. The van der Waals surface area contributed by atoms with Crippen molar-refractivity contribution in [2.75, 3.05) is 23.7 Å². The summed E-state index contributed by atoms with van der Waals surface area (Å²) in [7, 11) is 0. The molecule has 0 saturated carbocycles. The fourth-order valence-corrected chi connectivity index (χ4v) is 3.92. The topological polar surface area (TPSA) is 103 Å². The van der Waals surface area contributed by atoms with Gasteiger partial charge in [0.25, 0.3) is 0 Å². The molecule has 27 heavy (non-hydrogen) atoms. The Bertz CT molecular complexity index is 1070. The number of nitrogens with zero attached hydrogens (tertiary/aromatic N) is 5. The van der Waals surface area contributed by atoms with Crippen molar-refractivity contribution in [1.82, 2.24) is 9.97 Å². The molecule has 132 valence electrons. The minimum Gasteiger partial charge on any atom is -0.398 e. The number of benzene rings is 1. The number of hydrogen-bond donors (Lipinski definition) is 1. The van der Waals surface area contributed by atoms with Gasteiger partial charge in [0.1, 0.15) is 22.3 Å². The molecule has 1 aromatic carbocycles. The Morgan fingerprint density at radius 2 is 1.89 bits per heavy atom. The number of pyridine rings is 1. The Hall–Kier alpha value is -3.42. The van der Waals surface area contributed by atoms with Crippen LogP contribution in [0.3, 0.4) is 0 Å². The molecule has 6 nitrogen and oxygen atoms in total. The molecule has 3 aromatic rings. The molecule has 0 bridgehead atoms. The Morgan fingerprint density at radius 1 is 1.07 bits per heavy atom. The summed E-state index contributed by atoms with van der Waals surface area (Å²) in [4.78, 5) is 11.2. The summed E-state index contributed by atoms with van der Waals surface area (Å²) >= 11 is 1.46. The molecule has 0 spiro atoms. The molecule has 1 aliphatic heterocycles. The van der Waals surface area contributed by atoms with Gasteiger partial charge in [-0.3, -0.25) is 0 Å². The SMILES string of the molecule is N#Cc1cc(-c2nc(-c3nccs3)cc(N)c2C#N)cc(N2CCCC2)c1. The van der Waals surface area contributed by atoms with E-state index in [1.54, 1.807) is 18.3 Å². The molecule has 2 N–H and O–H groups in total. The Morgan fingerprint density at radius 3 is 2.56 bits per heavy atom. The standard InChI is InChI=1S/C20H16N6S/c21-11-13-7-14(9-15(8-13)26-4-1-2-5-26)19-16(12-22)17(23)10-18(25-19)20-24-3-6-27-20/h3,6-10H,1-2,4-5H2,(H2,23,25). The van der Waals surface area contributed by atoms with Crippen molar-refractivity contribution in [3.05, 3.63) is 47.0 Å². The molecule has 0 amide bonds. The molecule has 7 heteroatoms. The quantitative estimate of drug-likeness (QED) is 0.750. The molecule has 1 saturated heterocycles. The van der Waals surface area contributed by atoms with Crippen molar-refractivity contribution >= 4 is 22.7 Å². The van der Waals surface area contributed by atoms with Crippen LogP contribution in [0.5, 0.6) is 0 Å².